The summed E-state index contributed by atoms with van der Waals surface area (Å²) in [4.78, 5) is 11.3. The molecule has 2 rings (SSSR count). The summed E-state index contributed by atoms with van der Waals surface area (Å²) in [7, 11) is 0. The van der Waals surface area contributed by atoms with E-state index in [4.69, 9.17) is 14.6 Å². The predicted molar refractivity (Wildman–Crippen MR) is 77.8 cm³/mol. The summed E-state index contributed by atoms with van der Waals surface area (Å²) in [5.41, 5.74) is 0.689. The number of thiophene rings is 1. The highest BCUT2D eigenvalue weighted by atomic mass is 32.1. The first kappa shape index (κ1) is 14.4. The summed E-state index contributed by atoms with van der Waals surface area (Å²) >= 11 is 1.20. The largest absolute Gasteiger partial charge is 0.494 e. The van der Waals surface area contributed by atoms with Crippen molar-refractivity contribution in [3.63, 3.8) is 0 Å². The van der Waals surface area contributed by atoms with E-state index >= 15 is 0 Å². The van der Waals surface area contributed by atoms with Crippen molar-refractivity contribution in [3.05, 3.63) is 46.2 Å². The summed E-state index contributed by atoms with van der Waals surface area (Å²) in [6.07, 6.45) is 0.967. The van der Waals surface area contributed by atoms with Crippen molar-refractivity contribution < 1.29 is 19.4 Å². The van der Waals surface area contributed by atoms with E-state index < -0.39 is 5.97 Å². The lowest BCUT2D eigenvalue weighted by Gasteiger charge is -2.08. The van der Waals surface area contributed by atoms with Gasteiger partial charge in [0.05, 0.1) is 6.61 Å². The third-order valence-corrected chi connectivity index (χ3v) is 3.58. The molecule has 1 aromatic heterocycles. The number of carboxylic acids is 1. The van der Waals surface area contributed by atoms with Gasteiger partial charge >= 0.3 is 5.97 Å². The zero-order valence-corrected chi connectivity index (χ0v) is 12.0. The summed E-state index contributed by atoms with van der Waals surface area (Å²) in [5, 5.41) is 10.8. The van der Waals surface area contributed by atoms with Gasteiger partial charge in [-0.25, -0.2) is 4.79 Å². The molecule has 0 radical (unpaired) electrons. The Balaban J connectivity index is 1.93. The summed E-state index contributed by atoms with van der Waals surface area (Å²) < 4.78 is 11.1. The van der Waals surface area contributed by atoms with E-state index in [0.717, 1.165) is 12.2 Å². The topological polar surface area (TPSA) is 55.8 Å². The molecule has 5 heteroatoms. The lowest BCUT2D eigenvalue weighted by atomic mass is 10.2. The van der Waals surface area contributed by atoms with Gasteiger partial charge in [-0.15, -0.1) is 11.3 Å². The van der Waals surface area contributed by atoms with Gasteiger partial charge in [0.2, 0.25) is 0 Å². The maximum Gasteiger partial charge on any atom is 0.346 e. The van der Waals surface area contributed by atoms with Gasteiger partial charge in [-0.2, -0.15) is 0 Å². The maximum atomic E-state index is 11.0. The summed E-state index contributed by atoms with van der Waals surface area (Å²) in [6, 6.07) is 9.09. The van der Waals surface area contributed by atoms with Crippen LogP contribution in [0.3, 0.4) is 0 Å². The van der Waals surface area contributed by atoms with Crippen molar-refractivity contribution in [2.75, 3.05) is 6.61 Å². The zero-order chi connectivity index (χ0) is 14.4. The Morgan fingerprint density at radius 2 is 1.80 bits per heavy atom. The first-order valence-corrected chi connectivity index (χ1v) is 7.24. The number of rotatable bonds is 7. The van der Waals surface area contributed by atoms with Crippen LogP contribution in [0.15, 0.2) is 35.7 Å². The number of hydrogen-bond donors (Lipinski definition) is 1. The highest BCUT2D eigenvalue weighted by Gasteiger charge is 2.11. The maximum absolute atomic E-state index is 11.0. The van der Waals surface area contributed by atoms with E-state index in [2.05, 4.69) is 6.92 Å². The van der Waals surface area contributed by atoms with Gasteiger partial charge in [0.15, 0.2) is 0 Å². The second kappa shape index (κ2) is 6.96. The standard InChI is InChI=1S/C15H16O4S/c1-2-8-18-12-3-5-13(6-4-12)19-10-11-7-9-20-14(11)15(16)17/h3-7,9H,2,8,10H2,1H3,(H,16,17). The highest BCUT2D eigenvalue weighted by Crippen LogP contribution is 2.21. The third-order valence-electron chi connectivity index (χ3n) is 2.63. The first-order chi connectivity index (χ1) is 9.70. The molecule has 0 atom stereocenters. The van der Waals surface area contributed by atoms with Crippen LogP contribution in [0.1, 0.15) is 28.6 Å². The molecule has 0 unspecified atom stereocenters. The van der Waals surface area contributed by atoms with Crippen LogP contribution in [0.25, 0.3) is 0 Å². The fourth-order valence-electron chi connectivity index (χ4n) is 1.65. The van der Waals surface area contributed by atoms with Crippen molar-refractivity contribution in [3.8, 4) is 11.5 Å². The van der Waals surface area contributed by atoms with Crippen molar-refractivity contribution in [1.82, 2.24) is 0 Å². The number of carbonyl (C=O) groups is 1. The lowest BCUT2D eigenvalue weighted by Crippen LogP contribution is -2.01. The highest BCUT2D eigenvalue weighted by molar-refractivity contribution is 7.12. The molecule has 106 valence electrons. The van der Waals surface area contributed by atoms with E-state index in [1.165, 1.54) is 11.3 Å². The lowest BCUT2D eigenvalue weighted by molar-refractivity contribution is 0.0699. The number of hydrogen-bond acceptors (Lipinski definition) is 4. The Morgan fingerprint density at radius 3 is 2.40 bits per heavy atom. The van der Waals surface area contributed by atoms with E-state index in [9.17, 15) is 4.79 Å². The number of ether oxygens (including phenoxy) is 2. The van der Waals surface area contributed by atoms with Gasteiger partial charge in [0, 0.05) is 5.56 Å². The Labute approximate surface area is 121 Å². The Hall–Kier alpha value is -2.01. The monoisotopic (exact) mass is 292 g/mol. The van der Waals surface area contributed by atoms with Crippen LogP contribution in [0, 0.1) is 0 Å². The smallest absolute Gasteiger partial charge is 0.346 e. The molecule has 0 aliphatic carbocycles. The minimum atomic E-state index is -0.915. The van der Waals surface area contributed by atoms with E-state index in [0.29, 0.717) is 22.8 Å². The molecule has 0 amide bonds. The van der Waals surface area contributed by atoms with Gasteiger partial charge < -0.3 is 14.6 Å². The molecule has 1 N–H and O–H groups in total. The van der Waals surface area contributed by atoms with Crippen LogP contribution in [-0.2, 0) is 6.61 Å². The molecule has 0 saturated carbocycles. The van der Waals surface area contributed by atoms with Gasteiger partial charge in [-0.05, 0) is 42.1 Å². The quantitative estimate of drug-likeness (QED) is 0.843. The minimum Gasteiger partial charge on any atom is -0.494 e. The Bertz CT molecular complexity index is 560. The number of carboxylic acid groups (broad SMARTS) is 1. The average molecular weight is 292 g/mol. The SMILES string of the molecule is CCCOc1ccc(OCc2ccsc2C(=O)O)cc1. The molecule has 0 aliphatic heterocycles. The molecule has 0 fully saturated rings. The van der Waals surface area contributed by atoms with Crippen molar-refractivity contribution in [2.24, 2.45) is 0 Å². The minimum absolute atomic E-state index is 0.250. The number of aromatic carboxylic acids is 1. The molecule has 20 heavy (non-hydrogen) atoms. The molecule has 0 spiro atoms. The van der Waals surface area contributed by atoms with Crippen molar-refractivity contribution >= 4 is 17.3 Å². The van der Waals surface area contributed by atoms with Crippen molar-refractivity contribution in [2.45, 2.75) is 20.0 Å². The molecular weight excluding hydrogens is 276 g/mol. The Kier molecular flexibility index (Phi) is 5.01. The van der Waals surface area contributed by atoms with Gasteiger partial charge in [0.25, 0.3) is 0 Å². The van der Waals surface area contributed by atoms with Crippen molar-refractivity contribution in [1.29, 1.82) is 0 Å². The summed E-state index contributed by atoms with van der Waals surface area (Å²) in [6.45, 7) is 3.00. The summed E-state index contributed by atoms with van der Waals surface area (Å²) in [5.74, 6) is 0.583. The van der Waals surface area contributed by atoms with Crippen LogP contribution in [0.5, 0.6) is 11.5 Å². The normalized spacial score (nSPS) is 10.2. The fourth-order valence-corrected chi connectivity index (χ4v) is 2.40. The van der Waals surface area contributed by atoms with Crippen LogP contribution in [-0.4, -0.2) is 17.7 Å². The van der Waals surface area contributed by atoms with Gasteiger partial charge in [-0.3, -0.25) is 0 Å². The first-order valence-electron chi connectivity index (χ1n) is 6.36. The van der Waals surface area contributed by atoms with E-state index in [-0.39, 0.29) is 6.61 Å². The second-order valence-electron chi connectivity index (χ2n) is 4.19. The Morgan fingerprint density at radius 1 is 1.15 bits per heavy atom. The van der Waals surface area contributed by atoms with Crippen LogP contribution >= 0.6 is 11.3 Å². The fraction of sp³-hybridized carbons (Fsp3) is 0.267. The van der Waals surface area contributed by atoms with Crippen LogP contribution in [0.2, 0.25) is 0 Å². The van der Waals surface area contributed by atoms with E-state index in [1.54, 1.807) is 11.4 Å². The van der Waals surface area contributed by atoms with Crippen LogP contribution in [0.4, 0.5) is 0 Å². The van der Waals surface area contributed by atoms with Gasteiger partial charge in [0.1, 0.15) is 23.0 Å². The second-order valence-corrected chi connectivity index (χ2v) is 5.10. The molecular formula is C15H16O4S. The molecule has 1 aromatic carbocycles. The zero-order valence-electron chi connectivity index (χ0n) is 11.2. The van der Waals surface area contributed by atoms with Crippen LogP contribution < -0.4 is 9.47 Å². The van der Waals surface area contributed by atoms with Gasteiger partial charge in [-0.1, -0.05) is 6.92 Å². The predicted octanol–water partition coefficient (Wildman–Crippen LogP) is 3.81. The van der Waals surface area contributed by atoms with E-state index in [1.807, 2.05) is 24.3 Å². The molecule has 1 heterocycles. The molecule has 0 bridgehead atoms. The number of benzene rings is 1. The molecule has 4 nitrogen and oxygen atoms in total. The third kappa shape index (κ3) is 3.74. The average Bonchev–Trinajstić information content (AvgIpc) is 2.92. The molecule has 2 aromatic rings. The molecule has 0 saturated heterocycles. The molecule has 0 aliphatic rings.